The molecule has 0 aliphatic carbocycles. The Balaban J connectivity index is 0.000001000. The minimum atomic E-state index is -1.06. The number of nitrogen functional groups attached to an aromatic ring is 1. The molecule has 0 amide bonds. The van der Waals surface area contributed by atoms with Gasteiger partial charge in [0.05, 0.1) is 11.9 Å². The van der Waals surface area contributed by atoms with Crippen LogP contribution < -0.4 is 5.73 Å². The maximum absolute atomic E-state index is 10.4. The van der Waals surface area contributed by atoms with Gasteiger partial charge in [0.15, 0.2) is 5.69 Å². The molecule has 0 fully saturated rings. The molecule has 0 radical (unpaired) electrons. The Kier molecular flexibility index (Phi) is 2.88. The summed E-state index contributed by atoms with van der Waals surface area (Å²) in [5.74, 6) is -1.06. The fraction of sp³-hybridized carbons (Fsp3) is 0.200. The fourth-order valence-corrected chi connectivity index (χ4v) is 0.716. The molecule has 0 saturated carbocycles. The number of carbonyl (C=O) groups is 1. The van der Waals surface area contributed by atoms with Gasteiger partial charge in [-0.3, -0.25) is 4.68 Å². The number of carboxylic acid groups (broad SMARTS) is 1. The summed E-state index contributed by atoms with van der Waals surface area (Å²) in [6.45, 7) is 0. The topological polar surface area (TPSA) is 81.1 Å². The van der Waals surface area contributed by atoms with Crippen LogP contribution in [0.2, 0.25) is 0 Å². The quantitative estimate of drug-likeness (QED) is 0.639. The summed E-state index contributed by atoms with van der Waals surface area (Å²) in [6.07, 6.45) is 1.31. The van der Waals surface area contributed by atoms with Gasteiger partial charge < -0.3 is 10.8 Å². The third-order valence-corrected chi connectivity index (χ3v) is 1.17. The molecule has 62 valence electrons. The lowest BCUT2D eigenvalue weighted by molar-refractivity contribution is 0.0686. The first-order valence-corrected chi connectivity index (χ1v) is 2.63. The third-order valence-electron chi connectivity index (χ3n) is 1.17. The normalized spacial score (nSPS) is 8.82. The number of anilines is 1. The SMILES string of the molecule is Cl.Cn1ncc(N)c1C(=O)O. The van der Waals surface area contributed by atoms with Crippen molar-refractivity contribution in [2.75, 3.05) is 5.73 Å². The average molecular weight is 178 g/mol. The van der Waals surface area contributed by atoms with E-state index in [0.717, 1.165) is 0 Å². The van der Waals surface area contributed by atoms with E-state index >= 15 is 0 Å². The predicted molar refractivity (Wildman–Crippen MR) is 41.8 cm³/mol. The maximum atomic E-state index is 10.4. The van der Waals surface area contributed by atoms with Gasteiger partial charge in [0.25, 0.3) is 0 Å². The van der Waals surface area contributed by atoms with Crippen molar-refractivity contribution in [1.29, 1.82) is 0 Å². The molecule has 0 spiro atoms. The minimum absolute atomic E-state index is 0. The molecule has 0 aliphatic rings. The molecule has 0 aromatic carbocycles. The molecule has 11 heavy (non-hydrogen) atoms. The molecule has 1 rings (SSSR count). The Morgan fingerprint density at radius 3 is 2.55 bits per heavy atom. The molecule has 0 saturated heterocycles. The van der Waals surface area contributed by atoms with E-state index in [4.69, 9.17) is 10.8 Å². The fourth-order valence-electron chi connectivity index (χ4n) is 0.716. The van der Waals surface area contributed by atoms with Gasteiger partial charge in [-0.1, -0.05) is 0 Å². The Morgan fingerprint density at radius 2 is 2.36 bits per heavy atom. The zero-order valence-electron chi connectivity index (χ0n) is 5.81. The Labute approximate surface area is 69.2 Å². The predicted octanol–water partition coefficient (Wildman–Crippen LogP) is 0.122. The van der Waals surface area contributed by atoms with E-state index < -0.39 is 5.97 Å². The van der Waals surface area contributed by atoms with Crippen LogP contribution in [0.3, 0.4) is 0 Å². The first-order valence-electron chi connectivity index (χ1n) is 2.63. The number of nitrogens with zero attached hydrogens (tertiary/aromatic N) is 2. The van der Waals surface area contributed by atoms with Crippen LogP contribution in [0.25, 0.3) is 0 Å². The highest BCUT2D eigenvalue weighted by molar-refractivity contribution is 5.91. The molecule has 1 heterocycles. The summed E-state index contributed by atoms with van der Waals surface area (Å²) >= 11 is 0. The zero-order chi connectivity index (χ0) is 7.72. The molecule has 0 aliphatic heterocycles. The van der Waals surface area contributed by atoms with Gasteiger partial charge in [0, 0.05) is 7.05 Å². The molecule has 5 nitrogen and oxygen atoms in total. The van der Waals surface area contributed by atoms with Crippen molar-refractivity contribution in [2.24, 2.45) is 7.05 Å². The maximum Gasteiger partial charge on any atom is 0.356 e. The summed E-state index contributed by atoms with van der Waals surface area (Å²) in [7, 11) is 1.53. The highest BCUT2D eigenvalue weighted by Crippen LogP contribution is 2.07. The van der Waals surface area contributed by atoms with Gasteiger partial charge in [-0.15, -0.1) is 12.4 Å². The second kappa shape index (κ2) is 3.25. The van der Waals surface area contributed by atoms with Crippen LogP contribution in [-0.2, 0) is 7.05 Å². The van der Waals surface area contributed by atoms with Gasteiger partial charge in [0.2, 0.25) is 0 Å². The summed E-state index contributed by atoms with van der Waals surface area (Å²) in [4.78, 5) is 10.4. The molecule has 0 atom stereocenters. The standard InChI is InChI=1S/C5H7N3O2.ClH/c1-8-4(5(9)10)3(6)2-7-8;/h2H,6H2,1H3,(H,9,10);1H. The largest absolute Gasteiger partial charge is 0.476 e. The van der Waals surface area contributed by atoms with Crippen LogP contribution in [0, 0.1) is 0 Å². The van der Waals surface area contributed by atoms with Gasteiger partial charge in [-0.25, -0.2) is 4.79 Å². The number of carboxylic acids is 1. The average Bonchev–Trinajstić information content (AvgIpc) is 2.11. The van der Waals surface area contributed by atoms with Crippen molar-refractivity contribution in [3.05, 3.63) is 11.9 Å². The number of nitrogens with two attached hydrogens (primary N) is 1. The van der Waals surface area contributed by atoms with Gasteiger partial charge >= 0.3 is 5.97 Å². The summed E-state index contributed by atoms with van der Waals surface area (Å²) < 4.78 is 1.22. The number of aromatic nitrogens is 2. The molecular weight excluding hydrogens is 170 g/mol. The second-order valence-electron chi connectivity index (χ2n) is 1.88. The number of aryl methyl sites for hydroxylation is 1. The van der Waals surface area contributed by atoms with E-state index in [1.807, 2.05) is 0 Å². The van der Waals surface area contributed by atoms with E-state index in [2.05, 4.69) is 5.10 Å². The molecule has 0 bridgehead atoms. The smallest absolute Gasteiger partial charge is 0.356 e. The number of hydrogen-bond acceptors (Lipinski definition) is 3. The zero-order valence-corrected chi connectivity index (χ0v) is 6.63. The molecule has 3 N–H and O–H groups in total. The number of hydrogen-bond donors (Lipinski definition) is 2. The lowest BCUT2D eigenvalue weighted by Gasteiger charge is -1.93. The number of halogens is 1. The number of aromatic carboxylic acids is 1. The van der Waals surface area contributed by atoms with Crippen LogP contribution in [0.15, 0.2) is 6.20 Å². The van der Waals surface area contributed by atoms with Crippen LogP contribution in [0.4, 0.5) is 5.69 Å². The lowest BCUT2D eigenvalue weighted by Crippen LogP contribution is -2.07. The third kappa shape index (κ3) is 1.62. The second-order valence-corrected chi connectivity index (χ2v) is 1.88. The summed E-state index contributed by atoms with van der Waals surface area (Å²) in [6, 6.07) is 0. The molecule has 6 heteroatoms. The Hall–Kier alpha value is -1.23. The van der Waals surface area contributed by atoms with Crippen molar-refractivity contribution in [1.82, 2.24) is 9.78 Å². The van der Waals surface area contributed by atoms with E-state index in [9.17, 15) is 4.79 Å². The summed E-state index contributed by atoms with van der Waals surface area (Å²) in [5.41, 5.74) is 5.50. The van der Waals surface area contributed by atoms with Crippen LogP contribution >= 0.6 is 12.4 Å². The Morgan fingerprint density at radius 1 is 1.82 bits per heavy atom. The van der Waals surface area contributed by atoms with Crippen molar-refractivity contribution in [2.45, 2.75) is 0 Å². The molecule has 1 aromatic rings. The van der Waals surface area contributed by atoms with Crippen molar-refractivity contribution in [3.8, 4) is 0 Å². The van der Waals surface area contributed by atoms with Crippen molar-refractivity contribution < 1.29 is 9.90 Å². The lowest BCUT2D eigenvalue weighted by atomic mass is 10.4. The van der Waals surface area contributed by atoms with Gasteiger partial charge in [-0.05, 0) is 0 Å². The number of rotatable bonds is 1. The van der Waals surface area contributed by atoms with Crippen molar-refractivity contribution in [3.63, 3.8) is 0 Å². The van der Waals surface area contributed by atoms with Gasteiger partial charge in [-0.2, -0.15) is 5.10 Å². The minimum Gasteiger partial charge on any atom is -0.476 e. The highest BCUT2D eigenvalue weighted by atomic mass is 35.5. The van der Waals surface area contributed by atoms with Crippen LogP contribution in [0.1, 0.15) is 10.5 Å². The molecule has 1 aromatic heterocycles. The monoisotopic (exact) mass is 177 g/mol. The first-order chi connectivity index (χ1) is 4.63. The van der Waals surface area contributed by atoms with E-state index in [-0.39, 0.29) is 23.8 Å². The summed E-state index contributed by atoms with van der Waals surface area (Å²) in [5, 5.41) is 12.1. The van der Waals surface area contributed by atoms with Crippen molar-refractivity contribution >= 4 is 24.1 Å². The molecule has 0 unspecified atom stereocenters. The highest BCUT2D eigenvalue weighted by Gasteiger charge is 2.11. The van der Waals surface area contributed by atoms with Crippen LogP contribution in [-0.4, -0.2) is 20.9 Å². The van der Waals surface area contributed by atoms with E-state index in [1.54, 1.807) is 0 Å². The van der Waals surface area contributed by atoms with Crippen LogP contribution in [0.5, 0.6) is 0 Å². The van der Waals surface area contributed by atoms with E-state index in [0.29, 0.717) is 0 Å². The van der Waals surface area contributed by atoms with E-state index in [1.165, 1.54) is 17.9 Å². The van der Waals surface area contributed by atoms with Gasteiger partial charge in [0.1, 0.15) is 0 Å². The Bertz CT molecular complexity index is 251. The first kappa shape index (κ1) is 9.77. The molecular formula is C5H8ClN3O2.